The molecule has 0 aliphatic rings. The number of nitrogens with zero attached hydrogens (tertiary/aromatic N) is 1. The highest BCUT2D eigenvalue weighted by Gasteiger charge is 2.21. The van der Waals surface area contributed by atoms with E-state index in [0.717, 1.165) is 26.6 Å². The van der Waals surface area contributed by atoms with Crippen LogP contribution in [-0.2, 0) is 21.2 Å². The summed E-state index contributed by atoms with van der Waals surface area (Å²) in [4.78, 5) is 11.0. The Morgan fingerprint density at radius 1 is 1.23 bits per heavy atom. The SMILES string of the molecule is Cc1c(S(=O)(=O)CCCNCC(C)Oc2ccc3c(ccn3CC(=O)O)c2)sc2ccc(Cl)cc12. The van der Waals surface area contributed by atoms with Crippen molar-refractivity contribution in [1.29, 1.82) is 0 Å². The highest BCUT2D eigenvalue weighted by Crippen LogP contribution is 2.36. The topological polar surface area (TPSA) is 97.6 Å². The molecule has 1 atom stereocenters. The molecule has 186 valence electrons. The van der Waals surface area contributed by atoms with Crippen LogP contribution in [0.2, 0.25) is 5.02 Å². The Bertz CT molecular complexity index is 1480. The molecule has 0 spiro atoms. The molecule has 2 N–H and O–H groups in total. The zero-order valence-electron chi connectivity index (χ0n) is 19.5. The number of benzene rings is 2. The van der Waals surface area contributed by atoms with E-state index in [0.29, 0.717) is 34.5 Å². The summed E-state index contributed by atoms with van der Waals surface area (Å²) in [5.74, 6) is -0.123. The fourth-order valence-corrected chi connectivity index (χ4v) is 7.47. The third-order valence-corrected chi connectivity index (χ3v) is 9.73. The Hall–Kier alpha value is -2.59. The molecule has 2 aromatic heterocycles. The molecule has 0 aliphatic heterocycles. The van der Waals surface area contributed by atoms with Gasteiger partial charge in [-0.1, -0.05) is 11.6 Å². The molecule has 0 saturated carbocycles. The van der Waals surface area contributed by atoms with Gasteiger partial charge in [-0.25, -0.2) is 8.42 Å². The summed E-state index contributed by atoms with van der Waals surface area (Å²) in [7, 11) is -3.38. The maximum atomic E-state index is 12.9. The number of aryl methyl sites for hydroxylation is 1. The van der Waals surface area contributed by atoms with Gasteiger partial charge in [-0.05, 0) is 80.2 Å². The predicted octanol–water partition coefficient (Wildman–Crippen LogP) is 5.12. The van der Waals surface area contributed by atoms with Gasteiger partial charge in [-0.2, -0.15) is 0 Å². The predicted molar refractivity (Wildman–Crippen MR) is 141 cm³/mol. The van der Waals surface area contributed by atoms with E-state index in [9.17, 15) is 13.2 Å². The summed E-state index contributed by atoms with van der Waals surface area (Å²) in [5.41, 5.74) is 1.60. The second-order valence-electron chi connectivity index (χ2n) is 8.52. The monoisotopic (exact) mass is 534 g/mol. The normalized spacial score (nSPS) is 12.9. The molecule has 35 heavy (non-hydrogen) atoms. The standard InChI is InChI=1S/C25H27ClN2O5S2/c1-16(33-20-5-6-22-18(12-20)8-10-28(22)15-24(29)30)14-27-9-3-11-35(31,32)25-17(2)21-13-19(26)4-7-23(21)34-25/h4-8,10,12-13,16,27H,3,9,11,14-15H2,1-2H3,(H,29,30). The molecule has 2 aromatic carbocycles. The van der Waals surface area contributed by atoms with Crippen LogP contribution >= 0.6 is 22.9 Å². The fourth-order valence-electron chi connectivity index (χ4n) is 4.06. The number of hydrogen-bond acceptors (Lipinski definition) is 6. The third kappa shape index (κ3) is 5.98. The second kappa shape index (κ2) is 10.6. The van der Waals surface area contributed by atoms with Crippen molar-refractivity contribution in [1.82, 2.24) is 9.88 Å². The van der Waals surface area contributed by atoms with E-state index in [4.69, 9.17) is 21.4 Å². The minimum Gasteiger partial charge on any atom is -0.489 e. The lowest BCUT2D eigenvalue weighted by Crippen LogP contribution is -2.30. The van der Waals surface area contributed by atoms with Gasteiger partial charge in [0.1, 0.15) is 22.6 Å². The minimum atomic E-state index is -3.38. The molecule has 2 heterocycles. The van der Waals surface area contributed by atoms with Gasteiger partial charge < -0.3 is 19.7 Å². The molecule has 0 saturated heterocycles. The van der Waals surface area contributed by atoms with Crippen LogP contribution in [0.4, 0.5) is 0 Å². The Balaban J connectivity index is 1.26. The molecule has 0 bridgehead atoms. The molecule has 0 fully saturated rings. The van der Waals surface area contributed by atoms with Crippen molar-refractivity contribution >= 4 is 59.7 Å². The van der Waals surface area contributed by atoms with Gasteiger partial charge >= 0.3 is 5.97 Å². The lowest BCUT2D eigenvalue weighted by atomic mass is 10.2. The third-order valence-electron chi connectivity index (χ3n) is 5.72. The number of ether oxygens (including phenoxy) is 1. The lowest BCUT2D eigenvalue weighted by molar-refractivity contribution is -0.137. The first-order valence-corrected chi connectivity index (χ1v) is 14.1. The number of hydrogen-bond donors (Lipinski definition) is 2. The van der Waals surface area contributed by atoms with E-state index in [1.807, 2.05) is 50.2 Å². The number of carbonyl (C=O) groups is 1. The fraction of sp³-hybridized carbons (Fsp3) is 0.320. The molecule has 7 nitrogen and oxygen atoms in total. The van der Waals surface area contributed by atoms with Crippen molar-refractivity contribution < 1.29 is 23.1 Å². The number of halogens is 1. The van der Waals surface area contributed by atoms with Crippen molar-refractivity contribution in [3.05, 3.63) is 59.2 Å². The van der Waals surface area contributed by atoms with Gasteiger partial charge in [0.25, 0.3) is 0 Å². The molecule has 0 amide bonds. The average molecular weight is 535 g/mol. The van der Waals surface area contributed by atoms with Crippen LogP contribution in [0.1, 0.15) is 18.9 Å². The number of thiophene rings is 1. The zero-order chi connectivity index (χ0) is 25.2. The summed E-state index contributed by atoms with van der Waals surface area (Å²) < 4.78 is 34.8. The van der Waals surface area contributed by atoms with Crippen LogP contribution < -0.4 is 10.1 Å². The number of rotatable bonds is 11. The van der Waals surface area contributed by atoms with Crippen molar-refractivity contribution in [3.63, 3.8) is 0 Å². The summed E-state index contributed by atoms with van der Waals surface area (Å²) in [5, 5.41) is 14.7. The van der Waals surface area contributed by atoms with Gasteiger partial charge in [0.15, 0.2) is 9.84 Å². The van der Waals surface area contributed by atoms with Crippen LogP contribution in [-0.4, -0.2) is 49.0 Å². The van der Waals surface area contributed by atoms with Gasteiger partial charge in [0, 0.05) is 33.4 Å². The van der Waals surface area contributed by atoms with Crippen molar-refractivity contribution in [2.45, 2.75) is 37.1 Å². The van der Waals surface area contributed by atoms with E-state index < -0.39 is 15.8 Å². The van der Waals surface area contributed by atoms with Crippen molar-refractivity contribution in [2.24, 2.45) is 0 Å². The maximum absolute atomic E-state index is 12.9. The molecule has 1 unspecified atom stereocenters. The number of fused-ring (bicyclic) bond motifs is 2. The summed E-state index contributed by atoms with van der Waals surface area (Å²) in [6.45, 7) is 4.81. The maximum Gasteiger partial charge on any atom is 0.323 e. The zero-order valence-corrected chi connectivity index (χ0v) is 21.8. The minimum absolute atomic E-state index is 0.0701. The highest BCUT2D eigenvalue weighted by molar-refractivity contribution is 7.93. The summed E-state index contributed by atoms with van der Waals surface area (Å²) in [6.07, 6.45) is 2.11. The summed E-state index contributed by atoms with van der Waals surface area (Å²) in [6, 6.07) is 12.9. The highest BCUT2D eigenvalue weighted by atomic mass is 35.5. The van der Waals surface area contributed by atoms with Crippen molar-refractivity contribution in [3.8, 4) is 5.75 Å². The average Bonchev–Trinajstić information content (AvgIpc) is 3.34. The van der Waals surface area contributed by atoms with Gasteiger partial charge in [0.05, 0.1) is 5.75 Å². The quantitative estimate of drug-likeness (QED) is 0.259. The molecule has 0 aliphatic carbocycles. The largest absolute Gasteiger partial charge is 0.489 e. The van der Waals surface area contributed by atoms with Gasteiger partial charge in [-0.15, -0.1) is 11.3 Å². The van der Waals surface area contributed by atoms with Crippen LogP contribution in [0.15, 0.2) is 52.9 Å². The Morgan fingerprint density at radius 3 is 2.80 bits per heavy atom. The Kier molecular flexibility index (Phi) is 7.70. The van der Waals surface area contributed by atoms with Gasteiger partial charge in [-0.3, -0.25) is 4.79 Å². The first-order valence-electron chi connectivity index (χ1n) is 11.2. The van der Waals surface area contributed by atoms with Crippen LogP contribution in [0.5, 0.6) is 5.75 Å². The lowest BCUT2D eigenvalue weighted by Gasteiger charge is -2.16. The first kappa shape index (κ1) is 25.5. The van der Waals surface area contributed by atoms with Crippen LogP contribution in [0.25, 0.3) is 21.0 Å². The van der Waals surface area contributed by atoms with E-state index >= 15 is 0 Å². The van der Waals surface area contributed by atoms with Crippen LogP contribution in [0, 0.1) is 6.92 Å². The molecule has 4 rings (SSSR count). The molecular weight excluding hydrogens is 508 g/mol. The van der Waals surface area contributed by atoms with Crippen LogP contribution in [0.3, 0.4) is 0 Å². The second-order valence-corrected chi connectivity index (χ2v) is 12.3. The molecule has 0 radical (unpaired) electrons. The number of aliphatic carboxylic acids is 1. The van der Waals surface area contributed by atoms with E-state index in [1.54, 1.807) is 16.8 Å². The van der Waals surface area contributed by atoms with Crippen molar-refractivity contribution in [2.75, 3.05) is 18.8 Å². The van der Waals surface area contributed by atoms with E-state index in [2.05, 4.69) is 5.32 Å². The van der Waals surface area contributed by atoms with E-state index in [-0.39, 0.29) is 18.4 Å². The Morgan fingerprint density at radius 2 is 2.03 bits per heavy atom. The van der Waals surface area contributed by atoms with Gasteiger partial charge in [0.2, 0.25) is 0 Å². The number of carboxylic acid groups (broad SMARTS) is 1. The van der Waals surface area contributed by atoms with E-state index in [1.165, 1.54) is 11.3 Å². The molecule has 4 aromatic rings. The molecular formula is C25H27ClN2O5S2. The number of aromatic nitrogens is 1. The number of sulfone groups is 1. The molecule has 10 heteroatoms. The Labute approximate surface area is 213 Å². The smallest absolute Gasteiger partial charge is 0.323 e. The number of nitrogens with one attached hydrogen (secondary N) is 1. The first-order chi connectivity index (χ1) is 16.6. The summed E-state index contributed by atoms with van der Waals surface area (Å²) >= 11 is 7.37. The number of carboxylic acids is 1.